The Kier molecular flexibility index (Phi) is 6.03. The van der Waals surface area contributed by atoms with Crippen LogP contribution >= 0.6 is 0 Å². The van der Waals surface area contributed by atoms with Gasteiger partial charge in [0.25, 0.3) is 0 Å². The minimum atomic E-state index is -0.773. The molecule has 0 heterocycles. The van der Waals surface area contributed by atoms with E-state index in [1.807, 2.05) is 7.05 Å². The van der Waals surface area contributed by atoms with Crippen LogP contribution in [0.1, 0.15) is 43.0 Å². The summed E-state index contributed by atoms with van der Waals surface area (Å²) in [6, 6.07) is 6.64. The maximum absolute atomic E-state index is 12.2. The normalized spacial score (nSPS) is 16.3. The molecule has 0 bridgehead atoms. The van der Waals surface area contributed by atoms with E-state index in [9.17, 15) is 4.21 Å². The van der Waals surface area contributed by atoms with E-state index in [4.69, 9.17) is 0 Å². The van der Waals surface area contributed by atoms with E-state index in [0.717, 1.165) is 6.42 Å². The molecule has 0 aromatic heterocycles. The van der Waals surface area contributed by atoms with Crippen LogP contribution in [0.25, 0.3) is 0 Å². The van der Waals surface area contributed by atoms with Crippen LogP contribution in [0.3, 0.4) is 0 Å². The van der Waals surface area contributed by atoms with Crippen LogP contribution in [0, 0.1) is 13.8 Å². The van der Waals surface area contributed by atoms with Crippen LogP contribution < -0.4 is 5.32 Å². The monoisotopic (exact) mass is 267 g/mol. The second-order valence-electron chi connectivity index (χ2n) is 4.97. The molecule has 1 aromatic rings. The number of hydrogen-bond donors (Lipinski definition) is 1. The van der Waals surface area contributed by atoms with E-state index in [1.54, 1.807) is 0 Å². The fourth-order valence-corrected chi connectivity index (χ4v) is 3.35. The van der Waals surface area contributed by atoms with E-state index in [0.29, 0.717) is 5.75 Å². The molecule has 2 nitrogen and oxygen atoms in total. The zero-order valence-electron chi connectivity index (χ0n) is 12.1. The quantitative estimate of drug-likeness (QED) is 0.858. The molecule has 1 rings (SSSR count). The Bertz CT molecular complexity index is 417. The number of rotatable bonds is 6. The van der Waals surface area contributed by atoms with Gasteiger partial charge in [0.2, 0.25) is 0 Å². The molecule has 3 atom stereocenters. The summed E-state index contributed by atoms with van der Waals surface area (Å²) < 4.78 is 12.2. The Hall–Kier alpha value is -0.670. The van der Waals surface area contributed by atoms with Gasteiger partial charge in [0, 0.05) is 27.8 Å². The zero-order chi connectivity index (χ0) is 13.7. The van der Waals surface area contributed by atoms with E-state index >= 15 is 0 Å². The highest BCUT2D eigenvalue weighted by molar-refractivity contribution is 7.85. The predicted molar refractivity (Wildman–Crippen MR) is 80.5 cm³/mol. The third-order valence-electron chi connectivity index (χ3n) is 3.51. The van der Waals surface area contributed by atoms with Crippen molar-refractivity contribution in [1.82, 2.24) is 5.32 Å². The lowest BCUT2D eigenvalue weighted by Crippen LogP contribution is -2.27. The highest BCUT2D eigenvalue weighted by Crippen LogP contribution is 2.21. The lowest BCUT2D eigenvalue weighted by molar-refractivity contribution is 0.625. The van der Waals surface area contributed by atoms with Gasteiger partial charge in [0.1, 0.15) is 0 Å². The van der Waals surface area contributed by atoms with Crippen LogP contribution in [0.5, 0.6) is 0 Å². The standard InChI is InChI=1S/C15H25NOS/c1-6-13(4)18(17)10-15(16-5)14-9-11(2)7-8-12(14)3/h7-9,13,15-16H,6,10H2,1-5H3. The van der Waals surface area contributed by atoms with Crippen LogP contribution in [0.2, 0.25) is 0 Å². The second-order valence-corrected chi connectivity index (χ2v) is 6.87. The molecule has 0 amide bonds. The molecular formula is C15H25NOS. The largest absolute Gasteiger partial charge is 0.312 e. The summed E-state index contributed by atoms with van der Waals surface area (Å²) in [4.78, 5) is 0. The first-order chi connectivity index (χ1) is 8.49. The molecule has 0 spiro atoms. The Morgan fingerprint density at radius 1 is 1.33 bits per heavy atom. The van der Waals surface area contributed by atoms with Crippen molar-refractivity contribution in [3.8, 4) is 0 Å². The maximum Gasteiger partial charge on any atom is 0.0437 e. The molecule has 0 aliphatic carbocycles. The third kappa shape index (κ3) is 3.92. The highest BCUT2D eigenvalue weighted by atomic mass is 32.2. The van der Waals surface area contributed by atoms with Crippen LogP contribution in [-0.4, -0.2) is 22.3 Å². The fourth-order valence-electron chi connectivity index (χ4n) is 1.98. The number of aryl methyl sites for hydroxylation is 2. The Labute approximate surface area is 114 Å². The third-order valence-corrected chi connectivity index (χ3v) is 5.41. The van der Waals surface area contributed by atoms with Crippen molar-refractivity contribution in [1.29, 1.82) is 0 Å². The predicted octanol–water partition coefficient (Wildman–Crippen LogP) is 3.11. The van der Waals surface area contributed by atoms with Crippen molar-refractivity contribution in [2.45, 2.75) is 45.4 Å². The highest BCUT2D eigenvalue weighted by Gasteiger charge is 2.18. The first-order valence-corrected chi connectivity index (χ1v) is 7.99. The maximum atomic E-state index is 12.2. The van der Waals surface area contributed by atoms with Gasteiger partial charge >= 0.3 is 0 Å². The van der Waals surface area contributed by atoms with Gasteiger partial charge in [0.05, 0.1) is 0 Å². The Morgan fingerprint density at radius 3 is 2.56 bits per heavy atom. The molecule has 3 heteroatoms. The average molecular weight is 267 g/mol. The SMILES string of the molecule is CCC(C)S(=O)CC(NC)c1cc(C)ccc1C. The van der Waals surface area contributed by atoms with Crippen LogP contribution in [-0.2, 0) is 10.8 Å². The van der Waals surface area contributed by atoms with Gasteiger partial charge < -0.3 is 5.32 Å². The summed E-state index contributed by atoms with van der Waals surface area (Å²) in [6.45, 7) is 8.37. The molecule has 3 unspecified atom stereocenters. The number of nitrogens with one attached hydrogen (secondary N) is 1. The van der Waals surface area contributed by atoms with E-state index in [2.05, 4.69) is 51.2 Å². The van der Waals surface area contributed by atoms with Gasteiger partial charge in [-0.3, -0.25) is 4.21 Å². The Morgan fingerprint density at radius 2 is 2.00 bits per heavy atom. The first-order valence-electron chi connectivity index (χ1n) is 6.61. The molecule has 102 valence electrons. The molecule has 0 aliphatic rings. The summed E-state index contributed by atoms with van der Waals surface area (Å²) in [6.07, 6.45) is 0.968. The van der Waals surface area contributed by atoms with E-state index < -0.39 is 10.8 Å². The molecular weight excluding hydrogens is 242 g/mol. The summed E-state index contributed by atoms with van der Waals surface area (Å²) in [5.74, 6) is 0.690. The minimum Gasteiger partial charge on any atom is -0.312 e. The van der Waals surface area contributed by atoms with Gasteiger partial charge in [0.15, 0.2) is 0 Å². The summed E-state index contributed by atoms with van der Waals surface area (Å²) in [5.41, 5.74) is 3.79. The number of hydrogen-bond acceptors (Lipinski definition) is 2. The van der Waals surface area contributed by atoms with Crippen molar-refractivity contribution in [3.05, 3.63) is 34.9 Å². The van der Waals surface area contributed by atoms with Crippen molar-refractivity contribution in [2.24, 2.45) is 0 Å². The van der Waals surface area contributed by atoms with Crippen LogP contribution in [0.4, 0.5) is 0 Å². The molecule has 1 N–H and O–H groups in total. The van der Waals surface area contributed by atoms with Crippen LogP contribution in [0.15, 0.2) is 18.2 Å². The molecule has 0 saturated heterocycles. The molecule has 1 aromatic carbocycles. The lowest BCUT2D eigenvalue weighted by atomic mass is 10.0. The summed E-state index contributed by atoms with van der Waals surface area (Å²) >= 11 is 0. The fraction of sp³-hybridized carbons (Fsp3) is 0.600. The average Bonchev–Trinajstić information content (AvgIpc) is 2.37. The second kappa shape index (κ2) is 7.05. The number of benzene rings is 1. The zero-order valence-corrected chi connectivity index (χ0v) is 12.9. The van der Waals surface area contributed by atoms with Crippen molar-refractivity contribution in [2.75, 3.05) is 12.8 Å². The van der Waals surface area contributed by atoms with Gasteiger partial charge in [-0.1, -0.05) is 37.6 Å². The lowest BCUT2D eigenvalue weighted by Gasteiger charge is -2.21. The van der Waals surface area contributed by atoms with Crippen molar-refractivity contribution in [3.63, 3.8) is 0 Å². The molecule has 0 radical (unpaired) electrons. The van der Waals surface area contributed by atoms with E-state index in [1.165, 1.54) is 16.7 Å². The smallest absolute Gasteiger partial charge is 0.0437 e. The van der Waals surface area contributed by atoms with Gasteiger partial charge in [-0.05, 0) is 38.4 Å². The topological polar surface area (TPSA) is 29.1 Å². The Balaban J connectivity index is 2.89. The van der Waals surface area contributed by atoms with Gasteiger partial charge in [-0.2, -0.15) is 0 Å². The molecule has 18 heavy (non-hydrogen) atoms. The van der Waals surface area contributed by atoms with E-state index in [-0.39, 0.29) is 11.3 Å². The minimum absolute atomic E-state index is 0.180. The van der Waals surface area contributed by atoms with Crippen molar-refractivity contribution < 1.29 is 4.21 Å². The summed E-state index contributed by atoms with van der Waals surface area (Å²) in [7, 11) is 1.17. The molecule has 0 saturated carbocycles. The van der Waals surface area contributed by atoms with Crippen molar-refractivity contribution >= 4 is 10.8 Å². The molecule has 0 fully saturated rings. The molecule has 0 aliphatic heterocycles. The van der Waals surface area contributed by atoms with Gasteiger partial charge in [-0.25, -0.2) is 0 Å². The van der Waals surface area contributed by atoms with Gasteiger partial charge in [-0.15, -0.1) is 0 Å². The first kappa shape index (κ1) is 15.4. The summed E-state index contributed by atoms with van der Waals surface area (Å²) in [5, 5.41) is 3.57.